The number of nitrogens with one attached hydrogen (secondary N) is 2. The average molecular weight is 312 g/mol. The smallest absolute Gasteiger partial charge is 0.335 e. The maximum Gasteiger partial charge on any atom is 0.335 e. The summed E-state index contributed by atoms with van der Waals surface area (Å²) in [6, 6.07) is 12.9. The third-order valence-corrected chi connectivity index (χ3v) is 2.97. The van der Waals surface area contributed by atoms with Gasteiger partial charge in [-0.1, -0.05) is 18.2 Å². The van der Waals surface area contributed by atoms with Crippen molar-refractivity contribution in [3.8, 4) is 5.75 Å². The third kappa shape index (κ3) is 4.89. The highest BCUT2D eigenvalue weighted by atomic mass is 16.5. The second-order valence-electron chi connectivity index (χ2n) is 4.59. The fourth-order valence-electron chi connectivity index (χ4n) is 1.83. The highest BCUT2D eigenvalue weighted by molar-refractivity contribution is 5.93. The van der Waals surface area contributed by atoms with E-state index in [9.17, 15) is 9.59 Å². The van der Waals surface area contributed by atoms with Gasteiger partial charge in [0.05, 0.1) is 12.7 Å². The Morgan fingerprint density at radius 1 is 1.13 bits per heavy atom. The summed E-state index contributed by atoms with van der Waals surface area (Å²) in [6.45, 7) is 0. The predicted molar refractivity (Wildman–Crippen MR) is 87.6 cm³/mol. The van der Waals surface area contributed by atoms with Crippen LogP contribution in [0.15, 0.2) is 54.7 Å². The molecule has 2 rings (SSSR count). The lowest BCUT2D eigenvalue weighted by atomic mass is 10.2. The minimum Gasteiger partial charge on any atom is -0.497 e. The van der Waals surface area contributed by atoms with Crippen LogP contribution in [0.5, 0.6) is 5.75 Å². The molecule has 2 amide bonds. The highest BCUT2D eigenvalue weighted by Gasteiger charge is 2.04. The Bertz CT molecular complexity index is 724. The zero-order chi connectivity index (χ0) is 16.7. The van der Waals surface area contributed by atoms with Gasteiger partial charge in [0, 0.05) is 11.9 Å². The number of carboxylic acid groups (broad SMARTS) is 1. The first-order valence-electron chi connectivity index (χ1n) is 6.80. The summed E-state index contributed by atoms with van der Waals surface area (Å²) in [6.07, 6.45) is 3.23. The van der Waals surface area contributed by atoms with Gasteiger partial charge in [0.2, 0.25) is 0 Å². The molecule has 0 aromatic heterocycles. The van der Waals surface area contributed by atoms with Crippen LogP contribution in [0.2, 0.25) is 0 Å². The Morgan fingerprint density at radius 3 is 2.52 bits per heavy atom. The molecule has 6 nitrogen and oxygen atoms in total. The van der Waals surface area contributed by atoms with E-state index >= 15 is 0 Å². The average Bonchev–Trinajstić information content (AvgIpc) is 2.55. The van der Waals surface area contributed by atoms with Crippen molar-refractivity contribution in [2.45, 2.75) is 0 Å². The molecule has 0 bridgehead atoms. The summed E-state index contributed by atoms with van der Waals surface area (Å²) < 4.78 is 5.06. The minimum atomic E-state index is -1.05. The molecule has 2 aromatic rings. The number of carbonyl (C=O) groups is 2. The van der Waals surface area contributed by atoms with Crippen molar-refractivity contribution >= 4 is 23.8 Å². The molecule has 0 atom stereocenters. The Morgan fingerprint density at radius 2 is 1.87 bits per heavy atom. The van der Waals surface area contributed by atoms with E-state index in [2.05, 4.69) is 10.6 Å². The van der Waals surface area contributed by atoms with Crippen LogP contribution in [0, 0.1) is 0 Å². The van der Waals surface area contributed by atoms with Crippen LogP contribution in [-0.4, -0.2) is 24.2 Å². The molecule has 0 fully saturated rings. The van der Waals surface area contributed by atoms with Crippen LogP contribution >= 0.6 is 0 Å². The number of urea groups is 1. The first-order chi connectivity index (χ1) is 11.1. The van der Waals surface area contributed by atoms with Gasteiger partial charge in [-0.3, -0.25) is 0 Å². The molecular formula is C17H16N2O4. The SMILES string of the molecule is COc1ccc(/C=C/NC(=O)Nc2cccc(C(=O)O)c2)cc1. The summed E-state index contributed by atoms with van der Waals surface area (Å²) >= 11 is 0. The van der Waals surface area contributed by atoms with E-state index in [4.69, 9.17) is 9.84 Å². The first kappa shape index (κ1) is 16.1. The molecule has 0 aliphatic heterocycles. The van der Waals surface area contributed by atoms with Crippen molar-refractivity contribution in [3.63, 3.8) is 0 Å². The van der Waals surface area contributed by atoms with Gasteiger partial charge >= 0.3 is 12.0 Å². The van der Waals surface area contributed by atoms with Gasteiger partial charge in [0.25, 0.3) is 0 Å². The summed E-state index contributed by atoms with van der Waals surface area (Å²) in [4.78, 5) is 22.6. The van der Waals surface area contributed by atoms with Crippen LogP contribution in [0.1, 0.15) is 15.9 Å². The zero-order valence-corrected chi connectivity index (χ0v) is 12.4. The van der Waals surface area contributed by atoms with Gasteiger partial charge in [0.15, 0.2) is 0 Å². The molecule has 0 spiro atoms. The molecule has 0 unspecified atom stereocenters. The highest BCUT2D eigenvalue weighted by Crippen LogP contribution is 2.12. The number of aromatic carboxylic acids is 1. The Labute approximate surface area is 133 Å². The van der Waals surface area contributed by atoms with Crippen LogP contribution in [0.3, 0.4) is 0 Å². The third-order valence-electron chi connectivity index (χ3n) is 2.97. The lowest BCUT2D eigenvalue weighted by Crippen LogP contribution is -2.23. The maximum atomic E-state index is 11.7. The lowest BCUT2D eigenvalue weighted by Gasteiger charge is -2.05. The standard InChI is InChI=1S/C17H16N2O4/c1-23-15-7-5-12(6-8-15)9-10-18-17(22)19-14-4-2-3-13(11-14)16(20)21/h2-11H,1H3,(H,20,21)(H2,18,19,22)/b10-9+. The molecule has 3 N–H and O–H groups in total. The minimum absolute atomic E-state index is 0.108. The van der Waals surface area contributed by atoms with Gasteiger partial charge in [-0.15, -0.1) is 0 Å². The molecular weight excluding hydrogens is 296 g/mol. The van der Waals surface area contributed by atoms with Crippen molar-refractivity contribution in [2.24, 2.45) is 0 Å². The fourth-order valence-corrected chi connectivity index (χ4v) is 1.83. The second-order valence-corrected chi connectivity index (χ2v) is 4.59. The monoisotopic (exact) mass is 312 g/mol. The molecule has 23 heavy (non-hydrogen) atoms. The number of carboxylic acids is 1. The summed E-state index contributed by atoms with van der Waals surface area (Å²) in [5.74, 6) is -0.292. The van der Waals surface area contributed by atoms with Crippen molar-refractivity contribution in [3.05, 3.63) is 65.9 Å². The van der Waals surface area contributed by atoms with E-state index in [1.54, 1.807) is 25.3 Å². The zero-order valence-electron chi connectivity index (χ0n) is 12.4. The van der Waals surface area contributed by atoms with E-state index in [1.165, 1.54) is 18.3 Å². The summed E-state index contributed by atoms with van der Waals surface area (Å²) in [7, 11) is 1.59. The van der Waals surface area contributed by atoms with E-state index in [-0.39, 0.29) is 5.56 Å². The van der Waals surface area contributed by atoms with Gasteiger partial charge < -0.3 is 20.5 Å². The molecule has 0 radical (unpaired) electrons. The first-order valence-corrected chi connectivity index (χ1v) is 6.80. The molecule has 0 heterocycles. The molecule has 6 heteroatoms. The number of anilines is 1. The fraction of sp³-hybridized carbons (Fsp3) is 0.0588. The molecule has 0 saturated heterocycles. The Hall–Kier alpha value is -3.28. The topological polar surface area (TPSA) is 87.7 Å². The molecule has 0 aliphatic carbocycles. The molecule has 118 valence electrons. The summed E-state index contributed by atoms with van der Waals surface area (Å²) in [5.41, 5.74) is 1.41. The molecule has 0 saturated carbocycles. The predicted octanol–water partition coefficient (Wildman–Crippen LogP) is 3.19. The van der Waals surface area contributed by atoms with Gasteiger partial charge in [-0.05, 0) is 42.0 Å². The number of ether oxygens (including phenoxy) is 1. The van der Waals surface area contributed by atoms with Crippen molar-refractivity contribution < 1.29 is 19.4 Å². The molecule has 0 aliphatic rings. The van der Waals surface area contributed by atoms with Crippen molar-refractivity contribution in [1.82, 2.24) is 5.32 Å². The van der Waals surface area contributed by atoms with E-state index in [0.717, 1.165) is 11.3 Å². The lowest BCUT2D eigenvalue weighted by molar-refractivity contribution is 0.0697. The number of hydrogen-bond acceptors (Lipinski definition) is 3. The van der Waals surface area contributed by atoms with Crippen LogP contribution < -0.4 is 15.4 Å². The van der Waals surface area contributed by atoms with Crippen LogP contribution in [0.25, 0.3) is 6.08 Å². The molecule has 2 aromatic carbocycles. The Balaban J connectivity index is 1.90. The van der Waals surface area contributed by atoms with E-state index < -0.39 is 12.0 Å². The van der Waals surface area contributed by atoms with Gasteiger partial charge in [-0.25, -0.2) is 9.59 Å². The normalized spacial score (nSPS) is 10.3. The van der Waals surface area contributed by atoms with Crippen molar-refractivity contribution in [2.75, 3.05) is 12.4 Å². The second kappa shape index (κ2) is 7.65. The number of amides is 2. The number of methoxy groups -OCH3 is 1. The maximum absolute atomic E-state index is 11.7. The Kier molecular flexibility index (Phi) is 5.35. The van der Waals surface area contributed by atoms with Gasteiger partial charge in [-0.2, -0.15) is 0 Å². The van der Waals surface area contributed by atoms with E-state index in [1.807, 2.05) is 24.3 Å². The summed E-state index contributed by atoms with van der Waals surface area (Å²) in [5, 5.41) is 14.0. The van der Waals surface area contributed by atoms with Crippen molar-refractivity contribution in [1.29, 1.82) is 0 Å². The number of rotatable bonds is 5. The van der Waals surface area contributed by atoms with Crippen LogP contribution in [-0.2, 0) is 0 Å². The largest absolute Gasteiger partial charge is 0.497 e. The van der Waals surface area contributed by atoms with Crippen LogP contribution in [0.4, 0.5) is 10.5 Å². The van der Waals surface area contributed by atoms with Gasteiger partial charge in [0.1, 0.15) is 5.75 Å². The number of carbonyl (C=O) groups excluding carboxylic acids is 1. The quantitative estimate of drug-likeness (QED) is 0.791. The number of benzene rings is 2. The number of hydrogen-bond donors (Lipinski definition) is 3. The van der Waals surface area contributed by atoms with E-state index in [0.29, 0.717) is 5.69 Å².